The van der Waals surface area contributed by atoms with Crippen LogP contribution in [0.1, 0.15) is 33.6 Å². The quantitative estimate of drug-likeness (QED) is 0.619. The summed E-state index contributed by atoms with van der Waals surface area (Å²) in [7, 11) is 0. The zero-order chi connectivity index (χ0) is 22.1. The van der Waals surface area contributed by atoms with Crippen LogP contribution in [0.25, 0.3) is 21.6 Å². The molecular formula is C24H21F2N3OS. The Morgan fingerprint density at radius 3 is 2.58 bits per heavy atom. The topological polar surface area (TPSA) is 70.1 Å². The van der Waals surface area contributed by atoms with E-state index in [1.165, 1.54) is 29.5 Å². The third-order valence-corrected chi connectivity index (χ3v) is 6.69. The molecular weight excluding hydrogens is 416 g/mol. The lowest BCUT2D eigenvalue weighted by Crippen LogP contribution is -2.45. The van der Waals surface area contributed by atoms with Crippen LogP contribution in [-0.2, 0) is 0 Å². The van der Waals surface area contributed by atoms with Crippen molar-refractivity contribution < 1.29 is 13.6 Å². The van der Waals surface area contributed by atoms with Gasteiger partial charge in [0.1, 0.15) is 17.7 Å². The van der Waals surface area contributed by atoms with Crippen molar-refractivity contribution in [3.05, 3.63) is 70.1 Å². The van der Waals surface area contributed by atoms with Crippen LogP contribution >= 0.6 is 11.3 Å². The number of hydrogen-bond donors (Lipinski definition) is 1. The fourth-order valence-corrected chi connectivity index (χ4v) is 4.93. The smallest absolute Gasteiger partial charge is 0.264 e. The Balaban J connectivity index is 1.82. The standard InChI is InChI=1S/C24H21F2N3OS/c1-14-4-5-16(10-20(14)25)23-19(15-6-7-17(12-27)21(26)9-15)11-22(31-23)24(30)29-8-2-3-18(28)13-29/h4-7,9-11,18H,2-3,8,13,28H2,1H3. The first-order valence-electron chi connectivity index (χ1n) is 10.0. The van der Waals surface area contributed by atoms with Crippen molar-refractivity contribution in [3.8, 4) is 27.6 Å². The van der Waals surface area contributed by atoms with Gasteiger partial charge in [0.2, 0.25) is 0 Å². The number of piperidine rings is 1. The predicted octanol–water partition coefficient (Wildman–Crippen LogP) is 5.10. The number of nitrogens with zero attached hydrogens (tertiary/aromatic N) is 2. The number of rotatable bonds is 3. The van der Waals surface area contributed by atoms with Crippen LogP contribution in [0.3, 0.4) is 0 Å². The van der Waals surface area contributed by atoms with Crippen LogP contribution in [0, 0.1) is 29.9 Å². The fourth-order valence-electron chi connectivity index (χ4n) is 3.78. The average molecular weight is 438 g/mol. The molecule has 2 heterocycles. The van der Waals surface area contributed by atoms with Gasteiger partial charge >= 0.3 is 0 Å². The van der Waals surface area contributed by atoms with Gasteiger partial charge in [-0.15, -0.1) is 11.3 Å². The number of aryl methyl sites for hydroxylation is 1. The summed E-state index contributed by atoms with van der Waals surface area (Å²) in [5.41, 5.74) is 8.26. The molecule has 4 nitrogen and oxygen atoms in total. The van der Waals surface area contributed by atoms with Crippen LogP contribution in [0.5, 0.6) is 0 Å². The minimum atomic E-state index is -0.637. The van der Waals surface area contributed by atoms with Crippen molar-refractivity contribution in [1.29, 1.82) is 5.26 Å². The third kappa shape index (κ3) is 4.22. The Bertz CT molecular complexity index is 1200. The van der Waals surface area contributed by atoms with Gasteiger partial charge in [0.25, 0.3) is 5.91 Å². The first-order valence-corrected chi connectivity index (χ1v) is 10.8. The van der Waals surface area contributed by atoms with Gasteiger partial charge in [-0.1, -0.05) is 18.2 Å². The summed E-state index contributed by atoms with van der Waals surface area (Å²) in [6.07, 6.45) is 1.74. The molecule has 0 bridgehead atoms. The normalized spacial score (nSPS) is 16.2. The van der Waals surface area contributed by atoms with Crippen molar-refractivity contribution in [2.45, 2.75) is 25.8 Å². The Kier molecular flexibility index (Phi) is 5.86. The molecule has 1 saturated heterocycles. The minimum Gasteiger partial charge on any atom is -0.336 e. The van der Waals surface area contributed by atoms with Crippen LogP contribution in [-0.4, -0.2) is 29.9 Å². The summed E-state index contributed by atoms with van der Waals surface area (Å²) < 4.78 is 28.6. The zero-order valence-corrected chi connectivity index (χ0v) is 17.8. The van der Waals surface area contributed by atoms with Crippen molar-refractivity contribution in [2.24, 2.45) is 5.73 Å². The third-order valence-electron chi connectivity index (χ3n) is 5.52. The van der Waals surface area contributed by atoms with Gasteiger partial charge in [-0.05, 0) is 60.7 Å². The molecule has 0 radical (unpaired) electrons. The van der Waals surface area contributed by atoms with E-state index in [2.05, 4.69) is 0 Å². The lowest BCUT2D eigenvalue weighted by molar-refractivity contribution is 0.0714. The van der Waals surface area contributed by atoms with E-state index in [1.54, 1.807) is 36.1 Å². The molecule has 31 heavy (non-hydrogen) atoms. The highest BCUT2D eigenvalue weighted by Crippen LogP contribution is 2.41. The zero-order valence-electron chi connectivity index (χ0n) is 17.0. The first kappa shape index (κ1) is 21.2. The highest BCUT2D eigenvalue weighted by atomic mass is 32.1. The second-order valence-electron chi connectivity index (χ2n) is 7.78. The largest absolute Gasteiger partial charge is 0.336 e. The van der Waals surface area contributed by atoms with Crippen molar-refractivity contribution in [1.82, 2.24) is 4.90 Å². The number of carbonyl (C=O) groups is 1. The van der Waals surface area contributed by atoms with Gasteiger partial charge in [0.15, 0.2) is 0 Å². The molecule has 2 aromatic carbocycles. The molecule has 1 atom stereocenters. The molecule has 1 unspecified atom stereocenters. The van der Waals surface area contributed by atoms with Crippen LogP contribution in [0.15, 0.2) is 42.5 Å². The highest BCUT2D eigenvalue weighted by Gasteiger charge is 2.26. The van der Waals surface area contributed by atoms with Crippen molar-refractivity contribution in [2.75, 3.05) is 13.1 Å². The van der Waals surface area contributed by atoms with E-state index in [0.717, 1.165) is 12.8 Å². The maximum Gasteiger partial charge on any atom is 0.264 e. The average Bonchev–Trinajstić information content (AvgIpc) is 3.20. The maximum atomic E-state index is 14.3. The molecule has 1 amide bonds. The second kappa shape index (κ2) is 8.58. The van der Waals surface area contributed by atoms with E-state index in [4.69, 9.17) is 11.0 Å². The highest BCUT2D eigenvalue weighted by molar-refractivity contribution is 7.18. The molecule has 4 rings (SSSR count). The van der Waals surface area contributed by atoms with Gasteiger partial charge in [-0.25, -0.2) is 8.78 Å². The van der Waals surface area contributed by atoms with E-state index < -0.39 is 5.82 Å². The summed E-state index contributed by atoms with van der Waals surface area (Å²) in [4.78, 5) is 16.1. The second-order valence-corrected chi connectivity index (χ2v) is 8.83. The Morgan fingerprint density at radius 1 is 1.16 bits per heavy atom. The van der Waals surface area contributed by atoms with Gasteiger partial charge < -0.3 is 10.6 Å². The fraction of sp³-hybridized carbons (Fsp3) is 0.250. The first-order chi connectivity index (χ1) is 14.9. The summed E-state index contributed by atoms with van der Waals surface area (Å²) in [5, 5.41) is 9.02. The molecule has 7 heteroatoms. The van der Waals surface area contributed by atoms with Gasteiger partial charge in [-0.3, -0.25) is 4.79 Å². The Labute approximate surface area is 183 Å². The van der Waals surface area contributed by atoms with E-state index in [0.29, 0.717) is 45.1 Å². The molecule has 3 aromatic rings. The number of nitrogens with two attached hydrogens (primary N) is 1. The van der Waals surface area contributed by atoms with Crippen LogP contribution in [0.2, 0.25) is 0 Å². The molecule has 0 saturated carbocycles. The van der Waals surface area contributed by atoms with Gasteiger partial charge in [0, 0.05) is 29.6 Å². The number of hydrogen-bond acceptors (Lipinski definition) is 4. The lowest BCUT2D eigenvalue weighted by atomic mass is 10.00. The summed E-state index contributed by atoms with van der Waals surface area (Å²) >= 11 is 1.25. The maximum absolute atomic E-state index is 14.3. The summed E-state index contributed by atoms with van der Waals surface area (Å²) in [6.45, 7) is 2.81. The molecule has 1 aromatic heterocycles. The summed E-state index contributed by atoms with van der Waals surface area (Å²) in [5.74, 6) is -1.12. The van der Waals surface area contributed by atoms with Crippen molar-refractivity contribution >= 4 is 17.2 Å². The van der Waals surface area contributed by atoms with E-state index >= 15 is 0 Å². The Morgan fingerprint density at radius 2 is 1.90 bits per heavy atom. The number of carbonyl (C=O) groups excluding carboxylic acids is 1. The number of amides is 1. The van der Waals surface area contributed by atoms with E-state index in [1.807, 2.05) is 6.07 Å². The molecule has 2 N–H and O–H groups in total. The molecule has 158 valence electrons. The Hall–Kier alpha value is -3.08. The minimum absolute atomic E-state index is 0.0459. The van der Waals surface area contributed by atoms with E-state index in [-0.39, 0.29) is 23.3 Å². The number of nitriles is 1. The number of halogens is 2. The molecule has 0 spiro atoms. The molecule has 0 aliphatic carbocycles. The number of benzene rings is 2. The number of likely N-dealkylation sites (tertiary alicyclic amines) is 1. The van der Waals surface area contributed by atoms with Crippen LogP contribution in [0.4, 0.5) is 8.78 Å². The van der Waals surface area contributed by atoms with Crippen LogP contribution < -0.4 is 5.73 Å². The predicted molar refractivity (Wildman–Crippen MR) is 118 cm³/mol. The molecule has 1 fully saturated rings. The molecule has 1 aliphatic heterocycles. The number of thiophene rings is 1. The SMILES string of the molecule is Cc1ccc(-c2sc(C(=O)N3CCCC(N)C3)cc2-c2ccc(C#N)c(F)c2)cc1F. The van der Waals surface area contributed by atoms with Gasteiger partial charge in [0.05, 0.1) is 10.4 Å². The summed E-state index contributed by atoms with van der Waals surface area (Å²) in [6, 6.07) is 12.7. The van der Waals surface area contributed by atoms with Crippen molar-refractivity contribution in [3.63, 3.8) is 0 Å². The molecule has 1 aliphatic rings. The lowest BCUT2D eigenvalue weighted by Gasteiger charge is -2.30. The van der Waals surface area contributed by atoms with Gasteiger partial charge in [-0.2, -0.15) is 5.26 Å². The monoisotopic (exact) mass is 437 g/mol. The van der Waals surface area contributed by atoms with E-state index in [9.17, 15) is 13.6 Å².